The van der Waals surface area contributed by atoms with Gasteiger partial charge in [0.2, 0.25) is 5.91 Å². The third-order valence-corrected chi connectivity index (χ3v) is 5.01. The number of carboxylic acids is 1. The molecule has 162 valence electrons. The molecule has 0 saturated carbocycles. The molecular formula is C20H27N5O5. The molecule has 1 aliphatic rings. The van der Waals surface area contributed by atoms with Crippen LogP contribution in [0.1, 0.15) is 42.6 Å². The fraction of sp³-hybridized carbons (Fsp3) is 0.450. The monoisotopic (exact) mass is 417 g/mol. The van der Waals surface area contributed by atoms with E-state index in [9.17, 15) is 19.2 Å². The lowest BCUT2D eigenvalue weighted by Gasteiger charge is -2.39. The van der Waals surface area contributed by atoms with E-state index in [1.807, 2.05) is 0 Å². The molecule has 10 nitrogen and oxygen atoms in total. The molecule has 30 heavy (non-hydrogen) atoms. The molecule has 0 aliphatic carbocycles. The number of ketones is 1. The first-order valence-electron chi connectivity index (χ1n) is 9.63. The second-order valence-corrected chi connectivity index (χ2v) is 7.25. The smallest absolute Gasteiger partial charge is 0.317 e. The summed E-state index contributed by atoms with van der Waals surface area (Å²) < 4.78 is 0. The summed E-state index contributed by atoms with van der Waals surface area (Å²) in [6, 6.07) is 4.90. The maximum absolute atomic E-state index is 12.9. The van der Waals surface area contributed by atoms with Crippen LogP contribution in [0.25, 0.3) is 0 Å². The van der Waals surface area contributed by atoms with Gasteiger partial charge in [-0.2, -0.15) is 5.10 Å². The van der Waals surface area contributed by atoms with E-state index in [1.54, 1.807) is 31.2 Å². The van der Waals surface area contributed by atoms with E-state index in [4.69, 9.17) is 10.9 Å². The van der Waals surface area contributed by atoms with Gasteiger partial charge in [-0.05, 0) is 44.4 Å². The Hall–Kier alpha value is -3.27. The summed E-state index contributed by atoms with van der Waals surface area (Å²) in [7, 11) is 0. The molecule has 10 heteroatoms. The maximum Gasteiger partial charge on any atom is 0.317 e. The highest BCUT2D eigenvalue weighted by Gasteiger charge is 2.36. The van der Waals surface area contributed by atoms with Gasteiger partial charge in [0, 0.05) is 18.2 Å². The van der Waals surface area contributed by atoms with Gasteiger partial charge >= 0.3 is 5.97 Å². The van der Waals surface area contributed by atoms with Crippen molar-refractivity contribution in [3.05, 3.63) is 35.4 Å². The molecule has 5 N–H and O–H groups in total. The normalized spacial score (nSPS) is 20.0. The zero-order valence-corrected chi connectivity index (χ0v) is 17.0. The number of hydrogen-bond acceptors (Lipinski definition) is 7. The number of nitrogens with one attached hydrogen (secondary N) is 2. The molecule has 1 aliphatic heterocycles. The van der Waals surface area contributed by atoms with Crippen molar-refractivity contribution in [2.24, 2.45) is 10.9 Å². The third kappa shape index (κ3) is 6.11. The molecule has 0 bridgehead atoms. The number of likely N-dealkylation sites (tertiary alicyclic amines) is 1. The lowest BCUT2D eigenvalue weighted by atomic mass is 9.94. The van der Waals surface area contributed by atoms with Crippen LogP contribution in [0.4, 0.5) is 0 Å². The number of nitrogens with two attached hydrogens (primary N) is 1. The second-order valence-electron chi connectivity index (χ2n) is 7.25. The molecule has 1 saturated heterocycles. The average Bonchev–Trinajstić information content (AvgIpc) is 2.72. The molecule has 1 fully saturated rings. The Morgan fingerprint density at radius 2 is 1.97 bits per heavy atom. The fourth-order valence-electron chi connectivity index (χ4n) is 3.43. The van der Waals surface area contributed by atoms with Crippen molar-refractivity contribution in [2.45, 2.75) is 44.8 Å². The van der Waals surface area contributed by atoms with Gasteiger partial charge in [-0.3, -0.25) is 19.2 Å². The van der Waals surface area contributed by atoms with Crippen LogP contribution in [0.5, 0.6) is 0 Å². The summed E-state index contributed by atoms with van der Waals surface area (Å²) in [6.07, 6.45) is 2.30. The van der Waals surface area contributed by atoms with E-state index in [0.717, 1.165) is 5.56 Å². The molecule has 0 radical (unpaired) electrons. The highest BCUT2D eigenvalue weighted by atomic mass is 16.4. The Morgan fingerprint density at radius 3 is 2.53 bits per heavy atom. The second kappa shape index (κ2) is 10.5. The molecule has 1 heterocycles. The van der Waals surface area contributed by atoms with Crippen molar-refractivity contribution in [3.8, 4) is 0 Å². The van der Waals surface area contributed by atoms with Crippen LogP contribution in [0, 0.1) is 0 Å². The minimum absolute atomic E-state index is 0.167. The lowest BCUT2D eigenvalue weighted by Crippen LogP contribution is -2.58. The molecule has 3 atom stereocenters. The average molecular weight is 417 g/mol. The van der Waals surface area contributed by atoms with Crippen LogP contribution in [-0.2, 0) is 14.4 Å². The van der Waals surface area contributed by atoms with E-state index < -0.39 is 24.0 Å². The number of aliphatic carboxylic acids is 1. The van der Waals surface area contributed by atoms with Gasteiger partial charge < -0.3 is 26.5 Å². The SMILES string of the molecule is CC(=O)[C@@H]1CC(NCC(=O)O)CCN1C(=O)C(C)NC(=O)c1ccc(C=NN)cc1. The van der Waals surface area contributed by atoms with Crippen LogP contribution >= 0.6 is 0 Å². The van der Waals surface area contributed by atoms with Crippen molar-refractivity contribution in [2.75, 3.05) is 13.1 Å². The number of hydrogen-bond donors (Lipinski definition) is 4. The van der Waals surface area contributed by atoms with Gasteiger partial charge in [0.25, 0.3) is 5.91 Å². The van der Waals surface area contributed by atoms with Crippen LogP contribution in [0.3, 0.4) is 0 Å². The number of nitrogens with zero attached hydrogens (tertiary/aromatic N) is 2. The van der Waals surface area contributed by atoms with Gasteiger partial charge in [-0.15, -0.1) is 0 Å². The van der Waals surface area contributed by atoms with Crippen molar-refractivity contribution in [1.29, 1.82) is 0 Å². The summed E-state index contributed by atoms with van der Waals surface area (Å²) in [5.41, 5.74) is 1.12. The van der Waals surface area contributed by atoms with Crippen molar-refractivity contribution in [1.82, 2.24) is 15.5 Å². The minimum Gasteiger partial charge on any atom is -0.480 e. The first-order chi connectivity index (χ1) is 14.2. The number of amides is 2. The molecule has 2 amide bonds. The first-order valence-corrected chi connectivity index (χ1v) is 9.63. The first kappa shape index (κ1) is 23.0. The molecule has 0 spiro atoms. The van der Waals surface area contributed by atoms with E-state index in [2.05, 4.69) is 15.7 Å². The predicted octanol–water partition coefficient (Wildman–Crippen LogP) is -0.280. The molecular weight excluding hydrogens is 390 g/mol. The number of rotatable bonds is 8. The number of piperidine rings is 1. The van der Waals surface area contributed by atoms with E-state index in [-0.39, 0.29) is 24.3 Å². The topological polar surface area (TPSA) is 154 Å². The molecule has 0 aromatic heterocycles. The Bertz CT molecular complexity index is 823. The van der Waals surface area contributed by atoms with Gasteiger partial charge in [-0.1, -0.05) is 12.1 Å². The van der Waals surface area contributed by atoms with Gasteiger partial charge in [0.1, 0.15) is 6.04 Å². The van der Waals surface area contributed by atoms with Crippen LogP contribution < -0.4 is 16.5 Å². The zero-order valence-electron chi connectivity index (χ0n) is 17.0. The van der Waals surface area contributed by atoms with Crippen LogP contribution in [0.15, 0.2) is 29.4 Å². The van der Waals surface area contributed by atoms with E-state index in [0.29, 0.717) is 24.9 Å². The Kier molecular flexibility index (Phi) is 8.05. The van der Waals surface area contributed by atoms with Crippen molar-refractivity contribution in [3.63, 3.8) is 0 Å². The van der Waals surface area contributed by atoms with E-state index in [1.165, 1.54) is 18.0 Å². The Morgan fingerprint density at radius 1 is 1.30 bits per heavy atom. The largest absolute Gasteiger partial charge is 0.480 e. The van der Waals surface area contributed by atoms with Crippen LogP contribution in [-0.4, -0.2) is 71.0 Å². The summed E-state index contributed by atoms with van der Waals surface area (Å²) in [6.45, 7) is 3.07. The Balaban J connectivity index is 2.00. The zero-order chi connectivity index (χ0) is 22.3. The predicted molar refractivity (Wildman–Crippen MR) is 110 cm³/mol. The number of carbonyl (C=O) groups is 4. The third-order valence-electron chi connectivity index (χ3n) is 5.01. The highest BCUT2D eigenvalue weighted by molar-refractivity contribution is 5.98. The number of benzene rings is 1. The summed E-state index contributed by atoms with van der Waals surface area (Å²) >= 11 is 0. The molecule has 2 unspecified atom stereocenters. The molecule has 2 rings (SSSR count). The Labute approximate surface area is 174 Å². The van der Waals surface area contributed by atoms with Crippen molar-refractivity contribution >= 4 is 29.8 Å². The number of carboxylic acid groups (broad SMARTS) is 1. The summed E-state index contributed by atoms with van der Waals surface area (Å²) in [5.74, 6) is 3.17. The number of carbonyl (C=O) groups excluding carboxylic acids is 3. The molecule has 1 aromatic carbocycles. The van der Waals surface area contributed by atoms with E-state index >= 15 is 0 Å². The maximum atomic E-state index is 12.9. The summed E-state index contributed by atoms with van der Waals surface area (Å²) in [4.78, 5) is 49.7. The quantitative estimate of drug-likeness (QED) is 0.258. The van der Waals surface area contributed by atoms with Gasteiger partial charge in [0.15, 0.2) is 5.78 Å². The molecule has 1 aromatic rings. The van der Waals surface area contributed by atoms with Crippen LogP contribution in [0.2, 0.25) is 0 Å². The number of hydrazone groups is 1. The fourth-order valence-corrected chi connectivity index (χ4v) is 3.43. The standard InChI is InChI=1S/C20H27N5O5/c1-12(24-19(29)15-5-3-14(4-6-15)10-23-21)20(30)25-8-7-16(22-11-18(27)28)9-17(25)13(2)26/h3-6,10,12,16-17,22H,7-9,11,21H2,1-2H3,(H,24,29)(H,27,28)/t12?,16?,17-/m0/s1. The minimum atomic E-state index is -0.979. The lowest BCUT2D eigenvalue weighted by molar-refractivity contribution is -0.142. The van der Waals surface area contributed by atoms with Gasteiger partial charge in [0.05, 0.1) is 18.8 Å². The summed E-state index contributed by atoms with van der Waals surface area (Å²) in [5, 5.41) is 17.8. The number of Topliss-reactive ketones (excluding diaryl/α,β-unsaturated/α-hetero) is 1. The van der Waals surface area contributed by atoms with Gasteiger partial charge in [-0.25, -0.2) is 0 Å². The highest BCUT2D eigenvalue weighted by Crippen LogP contribution is 2.20. The van der Waals surface area contributed by atoms with Crippen molar-refractivity contribution < 1.29 is 24.3 Å².